The molecule has 0 fully saturated rings. The molecule has 2 amide bonds. The highest BCUT2D eigenvalue weighted by Crippen LogP contribution is 2.20. The second kappa shape index (κ2) is 8.14. The zero-order chi connectivity index (χ0) is 22.0. The van der Waals surface area contributed by atoms with Crippen molar-refractivity contribution in [1.29, 1.82) is 0 Å². The Morgan fingerprint density at radius 3 is 2.60 bits per heavy atom. The summed E-state index contributed by atoms with van der Waals surface area (Å²) in [4.78, 5) is 35.6. The molecule has 0 aromatic carbocycles. The molecule has 3 rings (SSSR count). The zero-order valence-corrected chi connectivity index (χ0v) is 16.9. The van der Waals surface area contributed by atoms with Crippen molar-refractivity contribution >= 4 is 23.3 Å². The monoisotopic (exact) mass is 415 g/mol. The predicted octanol–water partition coefficient (Wildman–Crippen LogP) is 0.696. The van der Waals surface area contributed by atoms with Crippen LogP contribution in [0.5, 0.6) is 0 Å². The number of hydrogen-bond acceptors (Lipinski definition) is 7. The third-order valence-corrected chi connectivity index (χ3v) is 4.47. The number of amides is 2. The van der Waals surface area contributed by atoms with E-state index in [1.807, 2.05) is 0 Å². The van der Waals surface area contributed by atoms with Gasteiger partial charge in [0.1, 0.15) is 11.7 Å². The number of nitrogens with zero attached hydrogens (tertiary/aromatic N) is 7. The molecule has 3 heterocycles. The summed E-state index contributed by atoms with van der Waals surface area (Å²) >= 11 is 0. The van der Waals surface area contributed by atoms with Crippen molar-refractivity contribution in [2.24, 2.45) is 14.1 Å². The molecule has 3 aromatic heterocycles. The molecule has 0 aliphatic carbocycles. The lowest BCUT2D eigenvalue weighted by Gasteiger charge is -2.12. The summed E-state index contributed by atoms with van der Waals surface area (Å²) in [5, 5.41) is 28.2. The Morgan fingerprint density at radius 2 is 2.00 bits per heavy atom. The van der Waals surface area contributed by atoms with Gasteiger partial charge in [-0.3, -0.25) is 19.0 Å². The minimum Gasteiger partial charge on any atom is -0.358 e. The number of hydrogen-bond donors (Lipinski definition) is 2. The lowest BCUT2D eigenvalue weighted by molar-refractivity contribution is -0.389. The van der Waals surface area contributed by atoms with Crippen LogP contribution in [-0.2, 0) is 25.4 Å². The van der Waals surface area contributed by atoms with Crippen LogP contribution in [0, 0.1) is 17.0 Å². The van der Waals surface area contributed by atoms with Gasteiger partial charge >= 0.3 is 5.82 Å². The predicted molar refractivity (Wildman–Crippen MR) is 105 cm³/mol. The standard InChI is InChI=1S/C17H21N9O4/c1-10-5-14(26(29)30)22-25(10)11(2)16(27)21-13-8-20-24(4)15(13)17(28)18-6-12-7-19-23(3)9-12/h5,7-9,11H,6H2,1-4H3,(H,18,28)(H,21,27). The van der Waals surface area contributed by atoms with Crippen LogP contribution in [0.15, 0.2) is 24.7 Å². The molecular formula is C17H21N9O4. The molecule has 0 saturated carbocycles. The molecule has 30 heavy (non-hydrogen) atoms. The fraction of sp³-hybridized carbons (Fsp3) is 0.353. The molecule has 1 atom stereocenters. The minimum atomic E-state index is -0.842. The number of rotatable bonds is 7. The quantitative estimate of drug-likeness (QED) is 0.425. The van der Waals surface area contributed by atoms with Crippen molar-refractivity contribution in [3.05, 3.63) is 51.7 Å². The third kappa shape index (κ3) is 4.19. The summed E-state index contributed by atoms with van der Waals surface area (Å²) in [6, 6.07) is 0.441. The van der Waals surface area contributed by atoms with Gasteiger partial charge in [0.25, 0.3) is 11.8 Å². The van der Waals surface area contributed by atoms with Gasteiger partial charge < -0.3 is 20.7 Å². The molecular weight excluding hydrogens is 394 g/mol. The van der Waals surface area contributed by atoms with Crippen LogP contribution in [0.3, 0.4) is 0 Å². The van der Waals surface area contributed by atoms with Crippen LogP contribution in [0.2, 0.25) is 0 Å². The Labute approximate surface area is 170 Å². The van der Waals surface area contributed by atoms with E-state index in [2.05, 4.69) is 25.9 Å². The van der Waals surface area contributed by atoms with Crippen molar-refractivity contribution < 1.29 is 14.5 Å². The van der Waals surface area contributed by atoms with Crippen molar-refractivity contribution in [2.75, 3.05) is 5.32 Å². The highest BCUT2D eigenvalue weighted by molar-refractivity contribution is 6.03. The van der Waals surface area contributed by atoms with E-state index < -0.39 is 22.8 Å². The van der Waals surface area contributed by atoms with Crippen LogP contribution >= 0.6 is 0 Å². The van der Waals surface area contributed by atoms with E-state index in [0.29, 0.717) is 5.69 Å². The van der Waals surface area contributed by atoms with Gasteiger partial charge in [-0.15, -0.1) is 0 Å². The Morgan fingerprint density at radius 1 is 1.27 bits per heavy atom. The zero-order valence-electron chi connectivity index (χ0n) is 16.9. The Balaban J connectivity index is 1.73. The summed E-state index contributed by atoms with van der Waals surface area (Å²) in [5.41, 5.74) is 1.67. The van der Waals surface area contributed by atoms with Gasteiger partial charge in [0.15, 0.2) is 0 Å². The SMILES string of the molecule is Cc1cc([N+](=O)[O-])nn1C(C)C(=O)Nc1cnn(C)c1C(=O)NCc1cnn(C)c1. The maximum Gasteiger partial charge on any atom is 0.390 e. The second-order valence-electron chi connectivity index (χ2n) is 6.75. The lowest BCUT2D eigenvalue weighted by Crippen LogP contribution is -2.29. The number of nitrogens with one attached hydrogen (secondary N) is 2. The van der Waals surface area contributed by atoms with Crippen LogP contribution in [0.25, 0.3) is 0 Å². The van der Waals surface area contributed by atoms with Gasteiger partial charge in [0, 0.05) is 32.4 Å². The summed E-state index contributed by atoms with van der Waals surface area (Å²) in [6.07, 6.45) is 4.78. The summed E-state index contributed by atoms with van der Waals surface area (Å²) in [5.74, 6) is -1.26. The molecule has 0 aliphatic rings. The number of carbonyl (C=O) groups is 2. The number of aromatic nitrogens is 6. The average molecular weight is 415 g/mol. The fourth-order valence-corrected chi connectivity index (χ4v) is 2.93. The van der Waals surface area contributed by atoms with E-state index in [1.165, 1.54) is 21.6 Å². The van der Waals surface area contributed by atoms with E-state index in [-0.39, 0.29) is 23.7 Å². The Hall–Kier alpha value is -4.03. The largest absolute Gasteiger partial charge is 0.390 e. The maximum atomic E-state index is 12.7. The van der Waals surface area contributed by atoms with Crippen molar-refractivity contribution in [3.8, 4) is 0 Å². The van der Waals surface area contributed by atoms with E-state index in [9.17, 15) is 19.7 Å². The van der Waals surface area contributed by atoms with Gasteiger partial charge in [-0.1, -0.05) is 0 Å². The summed E-state index contributed by atoms with van der Waals surface area (Å²) in [6.45, 7) is 3.43. The van der Waals surface area contributed by atoms with Crippen LogP contribution in [-0.4, -0.2) is 46.1 Å². The first-order chi connectivity index (χ1) is 14.2. The van der Waals surface area contributed by atoms with Crippen molar-refractivity contribution in [2.45, 2.75) is 26.4 Å². The number of aryl methyl sites for hydroxylation is 3. The number of nitro groups is 1. The molecule has 0 saturated heterocycles. The molecule has 3 aromatic rings. The second-order valence-corrected chi connectivity index (χ2v) is 6.75. The molecule has 1 unspecified atom stereocenters. The molecule has 13 heteroatoms. The molecule has 158 valence electrons. The van der Waals surface area contributed by atoms with E-state index in [4.69, 9.17) is 0 Å². The highest BCUT2D eigenvalue weighted by atomic mass is 16.6. The van der Waals surface area contributed by atoms with E-state index in [1.54, 1.807) is 45.0 Å². The fourth-order valence-electron chi connectivity index (χ4n) is 2.93. The average Bonchev–Trinajstić information content (AvgIpc) is 3.38. The number of anilines is 1. The molecule has 0 aliphatic heterocycles. The Bertz CT molecular complexity index is 1110. The summed E-state index contributed by atoms with van der Waals surface area (Å²) < 4.78 is 4.23. The van der Waals surface area contributed by atoms with Crippen LogP contribution in [0.1, 0.15) is 34.7 Å². The summed E-state index contributed by atoms with van der Waals surface area (Å²) in [7, 11) is 3.36. The first-order valence-electron chi connectivity index (χ1n) is 8.96. The first-order valence-corrected chi connectivity index (χ1v) is 8.96. The van der Waals surface area contributed by atoms with E-state index >= 15 is 0 Å². The minimum absolute atomic E-state index is 0.169. The molecule has 0 spiro atoms. The highest BCUT2D eigenvalue weighted by Gasteiger charge is 2.26. The first kappa shape index (κ1) is 20.7. The van der Waals surface area contributed by atoms with Gasteiger partial charge in [0.05, 0.1) is 34.9 Å². The molecule has 2 N–H and O–H groups in total. The van der Waals surface area contributed by atoms with Gasteiger partial charge in [-0.05, 0) is 18.8 Å². The smallest absolute Gasteiger partial charge is 0.358 e. The normalized spacial score (nSPS) is 11.9. The van der Waals surface area contributed by atoms with Gasteiger partial charge in [-0.2, -0.15) is 14.9 Å². The Kier molecular flexibility index (Phi) is 5.62. The van der Waals surface area contributed by atoms with Gasteiger partial charge in [-0.25, -0.2) is 0 Å². The van der Waals surface area contributed by atoms with Crippen molar-refractivity contribution in [1.82, 2.24) is 34.7 Å². The maximum absolute atomic E-state index is 12.7. The lowest BCUT2D eigenvalue weighted by atomic mass is 10.2. The van der Waals surface area contributed by atoms with Gasteiger partial charge in [0.2, 0.25) is 0 Å². The molecule has 0 bridgehead atoms. The van der Waals surface area contributed by atoms with Crippen LogP contribution in [0.4, 0.5) is 11.5 Å². The number of carbonyl (C=O) groups excluding carboxylic acids is 2. The third-order valence-electron chi connectivity index (χ3n) is 4.47. The van der Waals surface area contributed by atoms with Crippen LogP contribution < -0.4 is 10.6 Å². The molecule has 13 nitrogen and oxygen atoms in total. The molecule has 0 radical (unpaired) electrons. The topological polar surface area (TPSA) is 155 Å². The van der Waals surface area contributed by atoms with E-state index in [0.717, 1.165) is 5.56 Å². The van der Waals surface area contributed by atoms with Crippen molar-refractivity contribution in [3.63, 3.8) is 0 Å².